The van der Waals surface area contributed by atoms with E-state index in [-0.39, 0.29) is 16.9 Å². The minimum absolute atomic E-state index is 0.0673. The van der Waals surface area contributed by atoms with E-state index in [1.165, 1.54) is 12.1 Å². The molecule has 0 radical (unpaired) electrons. The van der Waals surface area contributed by atoms with Gasteiger partial charge >= 0.3 is 12.1 Å². The van der Waals surface area contributed by atoms with Crippen molar-refractivity contribution in [2.24, 2.45) is 0 Å². The van der Waals surface area contributed by atoms with Crippen LogP contribution in [0, 0.1) is 0 Å². The Hall–Kier alpha value is -2.88. The normalized spacial score (nSPS) is 12.8. The van der Waals surface area contributed by atoms with Gasteiger partial charge in [-0.15, -0.1) is 0 Å². The number of halogens is 3. The molecule has 29 heavy (non-hydrogen) atoms. The number of carbonyl (C=O) groups is 2. The second-order valence-electron chi connectivity index (χ2n) is 6.04. The van der Waals surface area contributed by atoms with Gasteiger partial charge in [-0.05, 0) is 42.8 Å². The van der Waals surface area contributed by atoms with Crippen molar-refractivity contribution in [1.29, 1.82) is 0 Å². The predicted molar refractivity (Wildman–Crippen MR) is 97.8 cm³/mol. The second kappa shape index (κ2) is 9.08. The molecule has 0 aliphatic carbocycles. The van der Waals surface area contributed by atoms with E-state index in [0.717, 1.165) is 31.4 Å². The minimum atomic E-state index is -4.55. The Morgan fingerprint density at radius 1 is 1.03 bits per heavy atom. The zero-order valence-electron chi connectivity index (χ0n) is 15.3. The fourth-order valence-corrected chi connectivity index (χ4v) is 3.82. The number of hydrogen-bond donors (Lipinski definition) is 1. The Morgan fingerprint density at radius 2 is 1.62 bits per heavy atom. The first-order chi connectivity index (χ1) is 13.5. The Bertz CT molecular complexity index is 958. The number of methoxy groups -OCH3 is 1. The van der Waals surface area contributed by atoms with Gasteiger partial charge in [0, 0.05) is 5.56 Å². The molecule has 0 saturated carbocycles. The van der Waals surface area contributed by atoms with Crippen LogP contribution < -0.4 is 5.32 Å². The number of hydrogen-bond acceptors (Lipinski definition) is 5. The molecule has 0 aromatic heterocycles. The molecular weight excluding hydrogens is 411 g/mol. The SMILES string of the molecule is COC(=O)[C@@H](CCS(=O)(=O)c1ccccc1)NC(=O)c1ccc(C(F)(F)F)cc1. The topological polar surface area (TPSA) is 89.5 Å². The van der Waals surface area contributed by atoms with Crippen molar-refractivity contribution in [3.63, 3.8) is 0 Å². The number of rotatable bonds is 7. The van der Waals surface area contributed by atoms with Crippen LogP contribution in [0.1, 0.15) is 22.3 Å². The average Bonchev–Trinajstić information content (AvgIpc) is 2.70. The first-order valence-electron chi connectivity index (χ1n) is 8.38. The molecular formula is C19H18F3NO5S. The van der Waals surface area contributed by atoms with Gasteiger partial charge in [0.2, 0.25) is 0 Å². The largest absolute Gasteiger partial charge is 0.467 e. The third-order valence-corrected chi connectivity index (χ3v) is 5.81. The van der Waals surface area contributed by atoms with Crippen LogP contribution in [0.3, 0.4) is 0 Å². The molecule has 0 bridgehead atoms. The van der Waals surface area contributed by atoms with Crippen molar-refractivity contribution in [3.8, 4) is 0 Å². The molecule has 0 unspecified atom stereocenters. The van der Waals surface area contributed by atoms with Crippen LogP contribution in [0.2, 0.25) is 0 Å². The highest BCUT2D eigenvalue weighted by molar-refractivity contribution is 7.91. The maximum atomic E-state index is 12.6. The van der Waals surface area contributed by atoms with Crippen LogP contribution >= 0.6 is 0 Å². The maximum Gasteiger partial charge on any atom is 0.416 e. The van der Waals surface area contributed by atoms with Crippen molar-refractivity contribution >= 4 is 21.7 Å². The zero-order chi connectivity index (χ0) is 21.7. The highest BCUT2D eigenvalue weighted by atomic mass is 32.2. The number of carbonyl (C=O) groups excluding carboxylic acids is 2. The van der Waals surface area contributed by atoms with E-state index in [0.29, 0.717) is 0 Å². The lowest BCUT2D eigenvalue weighted by Crippen LogP contribution is -2.42. The minimum Gasteiger partial charge on any atom is -0.467 e. The Balaban J connectivity index is 2.10. The van der Waals surface area contributed by atoms with Crippen LogP contribution in [0.4, 0.5) is 13.2 Å². The summed E-state index contributed by atoms with van der Waals surface area (Å²) in [4.78, 5) is 24.3. The van der Waals surface area contributed by atoms with Crippen LogP contribution in [0.25, 0.3) is 0 Å². The van der Waals surface area contributed by atoms with Crippen LogP contribution in [-0.4, -0.2) is 39.2 Å². The van der Waals surface area contributed by atoms with Gasteiger partial charge in [-0.25, -0.2) is 13.2 Å². The molecule has 0 saturated heterocycles. The zero-order valence-corrected chi connectivity index (χ0v) is 16.1. The quantitative estimate of drug-likeness (QED) is 0.684. The highest BCUT2D eigenvalue weighted by Gasteiger charge is 2.30. The molecule has 0 aliphatic rings. The second-order valence-corrected chi connectivity index (χ2v) is 8.15. The molecule has 2 rings (SSSR count). The first-order valence-corrected chi connectivity index (χ1v) is 10.0. The lowest BCUT2D eigenvalue weighted by atomic mass is 10.1. The molecule has 2 aromatic rings. The van der Waals surface area contributed by atoms with Gasteiger partial charge < -0.3 is 10.1 Å². The summed E-state index contributed by atoms with van der Waals surface area (Å²) >= 11 is 0. The van der Waals surface area contributed by atoms with Crippen molar-refractivity contribution in [2.75, 3.05) is 12.9 Å². The number of sulfone groups is 1. The summed E-state index contributed by atoms with van der Waals surface area (Å²) in [5.74, 6) is -2.14. The molecule has 1 amide bonds. The molecule has 0 fully saturated rings. The number of nitrogens with one attached hydrogen (secondary N) is 1. The number of alkyl halides is 3. The van der Waals surface area contributed by atoms with Gasteiger partial charge in [-0.1, -0.05) is 18.2 Å². The summed E-state index contributed by atoms with van der Waals surface area (Å²) in [6.07, 6.45) is -4.81. The van der Waals surface area contributed by atoms with Gasteiger partial charge in [-0.3, -0.25) is 4.79 Å². The van der Waals surface area contributed by atoms with E-state index in [4.69, 9.17) is 0 Å². The standard InChI is InChI=1S/C19H18F3NO5S/c1-28-18(25)16(11-12-29(26,27)15-5-3-2-4-6-15)23-17(24)13-7-9-14(10-8-13)19(20,21)22/h2-10,16H,11-12H2,1H3,(H,23,24)/t16-/m1/s1. The third kappa shape index (κ3) is 6.05. The lowest BCUT2D eigenvalue weighted by molar-refractivity contribution is -0.143. The Labute approximate surface area is 165 Å². The van der Waals surface area contributed by atoms with Crippen molar-refractivity contribution < 1.29 is 35.9 Å². The van der Waals surface area contributed by atoms with Gasteiger partial charge in [0.1, 0.15) is 6.04 Å². The fraction of sp³-hybridized carbons (Fsp3) is 0.263. The summed E-state index contributed by atoms with van der Waals surface area (Å²) < 4.78 is 67.2. The molecule has 0 heterocycles. The molecule has 0 spiro atoms. The van der Waals surface area contributed by atoms with Gasteiger partial charge in [0.05, 0.1) is 23.3 Å². The molecule has 1 N–H and O–H groups in total. The Morgan fingerprint density at radius 3 is 2.14 bits per heavy atom. The third-order valence-electron chi connectivity index (χ3n) is 4.04. The molecule has 1 atom stereocenters. The first kappa shape index (κ1) is 22.4. The van der Waals surface area contributed by atoms with Gasteiger partial charge in [0.15, 0.2) is 9.84 Å². The van der Waals surface area contributed by atoms with Crippen molar-refractivity contribution in [2.45, 2.75) is 23.5 Å². The smallest absolute Gasteiger partial charge is 0.416 e. The predicted octanol–water partition coefficient (Wildman–Crippen LogP) is 2.84. The van der Waals surface area contributed by atoms with Crippen molar-refractivity contribution in [1.82, 2.24) is 5.32 Å². The maximum absolute atomic E-state index is 12.6. The number of ether oxygens (including phenoxy) is 1. The summed E-state index contributed by atoms with van der Waals surface area (Å²) in [5.41, 5.74) is -1.04. The summed E-state index contributed by atoms with van der Waals surface area (Å²) in [7, 11) is -2.63. The number of benzene rings is 2. The molecule has 10 heteroatoms. The summed E-state index contributed by atoms with van der Waals surface area (Å²) in [6.45, 7) is 0. The van der Waals surface area contributed by atoms with Crippen molar-refractivity contribution in [3.05, 3.63) is 65.7 Å². The molecule has 0 aliphatic heterocycles. The highest BCUT2D eigenvalue weighted by Crippen LogP contribution is 2.29. The summed E-state index contributed by atoms with van der Waals surface area (Å²) in [5, 5.41) is 2.31. The Kier molecular flexibility index (Phi) is 7.02. The van der Waals surface area contributed by atoms with Crippen LogP contribution in [0.15, 0.2) is 59.5 Å². The van der Waals surface area contributed by atoms with Crippen LogP contribution in [0.5, 0.6) is 0 Å². The average molecular weight is 429 g/mol. The van der Waals surface area contributed by atoms with E-state index in [1.807, 2.05) is 0 Å². The van der Waals surface area contributed by atoms with Gasteiger partial charge in [-0.2, -0.15) is 13.2 Å². The lowest BCUT2D eigenvalue weighted by Gasteiger charge is -2.17. The number of amides is 1. The molecule has 6 nitrogen and oxygen atoms in total. The molecule has 2 aromatic carbocycles. The van der Waals surface area contributed by atoms with E-state index >= 15 is 0 Å². The fourth-order valence-electron chi connectivity index (χ4n) is 2.46. The summed E-state index contributed by atoms with van der Waals surface area (Å²) in [6, 6.07) is 9.69. The van der Waals surface area contributed by atoms with Crippen LogP contribution in [-0.2, 0) is 25.5 Å². The molecule has 156 valence electrons. The van der Waals surface area contributed by atoms with Gasteiger partial charge in [0.25, 0.3) is 5.91 Å². The van der Waals surface area contributed by atoms with E-state index in [2.05, 4.69) is 10.1 Å². The number of esters is 1. The van der Waals surface area contributed by atoms with E-state index in [1.54, 1.807) is 18.2 Å². The van der Waals surface area contributed by atoms with E-state index in [9.17, 15) is 31.2 Å². The van der Waals surface area contributed by atoms with E-state index < -0.39 is 45.2 Å². The monoisotopic (exact) mass is 429 g/mol.